The van der Waals surface area contributed by atoms with Crippen molar-refractivity contribution in [2.45, 2.75) is 19.3 Å². The highest BCUT2D eigenvalue weighted by Crippen LogP contribution is 2.33. The predicted molar refractivity (Wildman–Crippen MR) is 106 cm³/mol. The predicted octanol–water partition coefficient (Wildman–Crippen LogP) is 4.77. The van der Waals surface area contributed by atoms with Gasteiger partial charge in [0.1, 0.15) is 0 Å². The highest BCUT2D eigenvalue weighted by Gasteiger charge is 2.16. The van der Waals surface area contributed by atoms with Crippen LogP contribution < -0.4 is 0 Å². The van der Waals surface area contributed by atoms with Crippen molar-refractivity contribution >= 4 is 33.2 Å². The number of aromatic nitrogens is 1. The Labute approximate surface area is 156 Å². The first-order valence-corrected chi connectivity index (χ1v) is 10.7. The van der Waals surface area contributed by atoms with Crippen LogP contribution in [0.3, 0.4) is 0 Å². The molecule has 0 atom stereocenters. The number of thiophene rings is 1. The highest BCUT2D eigenvalue weighted by molar-refractivity contribution is 7.99. The Balaban J connectivity index is 1.56. The van der Waals surface area contributed by atoms with Gasteiger partial charge >= 0.3 is 0 Å². The smallest absolute Gasteiger partial charge is 0.216 e. The Bertz CT molecular complexity index is 856. The van der Waals surface area contributed by atoms with Crippen molar-refractivity contribution in [3.63, 3.8) is 0 Å². The second-order valence-corrected chi connectivity index (χ2v) is 8.57. The third-order valence-corrected chi connectivity index (χ3v) is 7.04. The molecule has 0 radical (unpaired) electrons. The molecule has 3 heterocycles. The summed E-state index contributed by atoms with van der Waals surface area (Å²) in [7, 11) is 0. The van der Waals surface area contributed by atoms with Gasteiger partial charge in [0.25, 0.3) is 0 Å². The third-order valence-electron chi connectivity index (χ3n) is 4.74. The molecule has 3 aromatic rings. The quantitative estimate of drug-likeness (QED) is 0.580. The van der Waals surface area contributed by atoms with Gasteiger partial charge < -0.3 is 0 Å². The summed E-state index contributed by atoms with van der Waals surface area (Å²) in [4.78, 5) is 7.77. The fourth-order valence-corrected chi connectivity index (χ4v) is 5.65. The first kappa shape index (κ1) is 17.0. The molecule has 0 unspecified atom stereocenters. The van der Waals surface area contributed by atoms with Gasteiger partial charge in [0, 0.05) is 46.1 Å². The summed E-state index contributed by atoms with van der Waals surface area (Å²) in [5.41, 5.74) is 2.11. The molecule has 1 saturated heterocycles. The number of hydrogen-bond acceptors (Lipinski definition) is 4. The normalized spacial score (nSPS) is 15.2. The number of benzene rings is 1. The molecule has 0 saturated carbocycles. The lowest BCUT2D eigenvalue weighted by atomic mass is 10.0. The van der Waals surface area contributed by atoms with Gasteiger partial charge in [0.05, 0.1) is 0 Å². The molecule has 0 amide bonds. The SMILES string of the molecule is Fc1ncccc1CCc1c(CCN2CCSC2)sc2ccccc12. The van der Waals surface area contributed by atoms with E-state index in [1.807, 2.05) is 35.2 Å². The summed E-state index contributed by atoms with van der Waals surface area (Å²) in [6.45, 7) is 2.32. The molecule has 2 aromatic heterocycles. The van der Waals surface area contributed by atoms with E-state index in [1.54, 1.807) is 0 Å². The van der Waals surface area contributed by atoms with E-state index in [2.05, 4.69) is 34.1 Å². The molecule has 130 valence electrons. The average Bonchev–Trinajstić information content (AvgIpc) is 3.27. The van der Waals surface area contributed by atoms with Crippen LogP contribution in [0.25, 0.3) is 10.1 Å². The number of rotatable bonds is 6. The number of pyridine rings is 1. The van der Waals surface area contributed by atoms with Gasteiger partial charge in [0.15, 0.2) is 0 Å². The van der Waals surface area contributed by atoms with Crippen molar-refractivity contribution in [3.05, 3.63) is 64.5 Å². The van der Waals surface area contributed by atoms with Gasteiger partial charge in [-0.05, 0) is 42.3 Å². The van der Waals surface area contributed by atoms with Gasteiger partial charge in [-0.2, -0.15) is 4.39 Å². The first-order chi connectivity index (χ1) is 12.3. The summed E-state index contributed by atoms with van der Waals surface area (Å²) >= 11 is 3.92. The van der Waals surface area contributed by atoms with E-state index < -0.39 is 0 Å². The number of hydrogen-bond donors (Lipinski definition) is 0. The zero-order valence-corrected chi connectivity index (χ0v) is 15.7. The van der Waals surface area contributed by atoms with Gasteiger partial charge in [0.2, 0.25) is 5.95 Å². The van der Waals surface area contributed by atoms with Crippen molar-refractivity contribution in [1.82, 2.24) is 9.88 Å². The summed E-state index contributed by atoms with van der Waals surface area (Å²) in [5.74, 6) is 2.07. The Morgan fingerprint density at radius 3 is 2.84 bits per heavy atom. The summed E-state index contributed by atoms with van der Waals surface area (Å²) in [5, 5.41) is 1.34. The Morgan fingerprint density at radius 2 is 2.00 bits per heavy atom. The lowest BCUT2D eigenvalue weighted by molar-refractivity contribution is 0.361. The minimum absolute atomic E-state index is 0.335. The average molecular weight is 373 g/mol. The lowest BCUT2D eigenvalue weighted by Gasteiger charge is -2.13. The second-order valence-electron chi connectivity index (χ2n) is 6.36. The van der Waals surface area contributed by atoms with Crippen LogP contribution >= 0.6 is 23.1 Å². The van der Waals surface area contributed by atoms with Crippen LogP contribution in [0.5, 0.6) is 0 Å². The van der Waals surface area contributed by atoms with Gasteiger partial charge in [-0.25, -0.2) is 4.98 Å². The van der Waals surface area contributed by atoms with E-state index in [4.69, 9.17) is 0 Å². The van der Waals surface area contributed by atoms with E-state index in [-0.39, 0.29) is 5.95 Å². The molecule has 0 spiro atoms. The largest absolute Gasteiger partial charge is 0.293 e. The second kappa shape index (κ2) is 7.85. The van der Waals surface area contributed by atoms with Crippen LogP contribution in [0, 0.1) is 5.95 Å². The maximum atomic E-state index is 13.9. The fraction of sp³-hybridized carbons (Fsp3) is 0.350. The van der Waals surface area contributed by atoms with E-state index in [0.717, 1.165) is 25.3 Å². The van der Waals surface area contributed by atoms with Crippen molar-refractivity contribution in [3.8, 4) is 0 Å². The van der Waals surface area contributed by atoms with Crippen molar-refractivity contribution in [2.75, 3.05) is 24.7 Å². The molecule has 25 heavy (non-hydrogen) atoms. The fourth-order valence-electron chi connectivity index (χ4n) is 3.38. The molecule has 1 aromatic carbocycles. The molecule has 0 aliphatic carbocycles. The standard InChI is InChI=1S/C20H21FN2S2/c21-20-15(4-3-10-22-20)7-8-17-16-5-1-2-6-18(16)25-19(17)9-11-23-12-13-24-14-23/h1-6,10H,7-9,11-14H2. The number of fused-ring (bicyclic) bond motifs is 1. The number of thioether (sulfide) groups is 1. The van der Waals surface area contributed by atoms with Gasteiger partial charge in [-0.3, -0.25) is 4.90 Å². The van der Waals surface area contributed by atoms with Gasteiger partial charge in [-0.15, -0.1) is 23.1 Å². The van der Waals surface area contributed by atoms with Crippen LogP contribution in [0.1, 0.15) is 16.0 Å². The molecule has 1 aliphatic rings. The number of nitrogens with zero attached hydrogens (tertiary/aromatic N) is 2. The first-order valence-electron chi connectivity index (χ1n) is 8.70. The Kier molecular flexibility index (Phi) is 5.34. The summed E-state index contributed by atoms with van der Waals surface area (Å²) in [6.07, 6.45) is 4.17. The summed E-state index contributed by atoms with van der Waals surface area (Å²) < 4.78 is 15.2. The van der Waals surface area contributed by atoms with Crippen LogP contribution in [-0.4, -0.2) is 34.6 Å². The van der Waals surface area contributed by atoms with E-state index in [1.165, 1.54) is 39.0 Å². The lowest BCUT2D eigenvalue weighted by Crippen LogP contribution is -2.22. The zero-order chi connectivity index (χ0) is 17.1. The molecule has 4 rings (SSSR count). The monoisotopic (exact) mass is 372 g/mol. The molecule has 0 N–H and O–H groups in total. The van der Waals surface area contributed by atoms with Crippen molar-refractivity contribution in [1.29, 1.82) is 0 Å². The van der Waals surface area contributed by atoms with Crippen LogP contribution in [0.2, 0.25) is 0 Å². The molecular formula is C20H21FN2S2. The molecule has 1 aliphatic heterocycles. The van der Waals surface area contributed by atoms with Crippen molar-refractivity contribution in [2.24, 2.45) is 0 Å². The highest BCUT2D eigenvalue weighted by atomic mass is 32.2. The molecule has 1 fully saturated rings. The van der Waals surface area contributed by atoms with Crippen LogP contribution in [0.15, 0.2) is 42.6 Å². The Morgan fingerprint density at radius 1 is 1.08 bits per heavy atom. The summed E-state index contributed by atoms with van der Waals surface area (Å²) in [6, 6.07) is 12.3. The minimum Gasteiger partial charge on any atom is -0.293 e. The molecule has 0 bridgehead atoms. The molecule has 2 nitrogen and oxygen atoms in total. The maximum absolute atomic E-state index is 13.9. The van der Waals surface area contributed by atoms with E-state index >= 15 is 0 Å². The minimum atomic E-state index is -0.335. The van der Waals surface area contributed by atoms with E-state index in [0.29, 0.717) is 12.0 Å². The van der Waals surface area contributed by atoms with E-state index in [9.17, 15) is 4.39 Å². The van der Waals surface area contributed by atoms with Crippen LogP contribution in [-0.2, 0) is 19.3 Å². The Hall–Kier alpha value is -1.43. The zero-order valence-electron chi connectivity index (χ0n) is 14.1. The number of aryl methyl sites for hydroxylation is 2. The van der Waals surface area contributed by atoms with Crippen LogP contribution in [0.4, 0.5) is 4.39 Å². The maximum Gasteiger partial charge on any atom is 0.216 e. The van der Waals surface area contributed by atoms with Gasteiger partial charge in [-0.1, -0.05) is 24.3 Å². The topological polar surface area (TPSA) is 16.1 Å². The number of halogens is 1. The molecule has 5 heteroatoms. The van der Waals surface area contributed by atoms with Crippen molar-refractivity contribution < 1.29 is 4.39 Å². The molecular weight excluding hydrogens is 351 g/mol. The third kappa shape index (κ3) is 3.89.